The average Bonchev–Trinajstić information content (AvgIpc) is 2.68. The Morgan fingerprint density at radius 1 is 1.29 bits per heavy atom. The normalized spacial score (nSPS) is 21.5. The van der Waals surface area contributed by atoms with E-state index in [1.807, 2.05) is 25.7 Å². The van der Waals surface area contributed by atoms with Crippen molar-refractivity contribution in [2.24, 2.45) is 0 Å². The first-order valence-electron chi connectivity index (χ1n) is 10.1. The van der Waals surface area contributed by atoms with Crippen LogP contribution in [0.4, 0.5) is 4.79 Å². The van der Waals surface area contributed by atoms with Gasteiger partial charge in [-0.3, -0.25) is 4.90 Å². The van der Waals surface area contributed by atoms with Crippen LogP contribution in [0.3, 0.4) is 0 Å². The van der Waals surface area contributed by atoms with Gasteiger partial charge in [-0.2, -0.15) is 0 Å². The molecule has 1 fully saturated rings. The molecule has 1 saturated heterocycles. The minimum Gasteiger partial charge on any atom is -0.466 e. The number of likely N-dealkylation sites (tertiary alicyclic amines) is 1. The molecule has 0 bridgehead atoms. The van der Waals surface area contributed by atoms with Gasteiger partial charge in [-0.1, -0.05) is 18.2 Å². The lowest BCUT2D eigenvalue weighted by molar-refractivity contribution is 0.0137. The highest BCUT2D eigenvalue weighted by Gasteiger charge is 2.34. The van der Waals surface area contributed by atoms with E-state index in [4.69, 9.17) is 14.2 Å². The van der Waals surface area contributed by atoms with Crippen molar-refractivity contribution < 1.29 is 19.0 Å². The Bertz CT molecular complexity index is 679. The topological polar surface area (TPSA) is 51.2 Å². The molecule has 0 radical (unpaired) electrons. The van der Waals surface area contributed by atoms with Crippen molar-refractivity contribution in [3.05, 3.63) is 48.3 Å². The van der Waals surface area contributed by atoms with Crippen molar-refractivity contribution in [3.8, 4) is 0 Å². The number of nitrogens with zero attached hydrogens (tertiary/aromatic N) is 2. The molecule has 0 aromatic rings. The highest BCUT2D eigenvalue weighted by atomic mass is 16.6. The monoisotopic (exact) mass is 388 g/mol. The van der Waals surface area contributed by atoms with E-state index in [0.29, 0.717) is 19.1 Å². The summed E-state index contributed by atoms with van der Waals surface area (Å²) in [5, 5.41) is 0. The van der Waals surface area contributed by atoms with Gasteiger partial charge in [0, 0.05) is 19.1 Å². The predicted molar refractivity (Wildman–Crippen MR) is 108 cm³/mol. The van der Waals surface area contributed by atoms with Crippen molar-refractivity contribution >= 4 is 6.09 Å². The molecule has 3 aliphatic rings. The van der Waals surface area contributed by atoms with Gasteiger partial charge in [0.25, 0.3) is 0 Å². The van der Waals surface area contributed by atoms with Crippen molar-refractivity contribution in [2.75, 3.05) is 20.1 Å². The first-order chi connectivity index (χ1) is 13.3. The number of amides is 1. The average molecular weight is 389 g/mol. The Morgan fingerprint density at radius 2 is 2.04 bits per heavy atom. The maximum absolute atomic E-state index is 12.3. The minimum absolute atomic E-state index is 0.0352. The molecular weight excluding hydrogens is 356 g/mol. The molecule has 1 aliphatic carbocycles. The van der Waals surface area contributed by atoms with Crippen LogP contribution in [0.15, 0.2) is 48.3 Å². The summed E-state index contributed by atoms with van der Waals surface area (Å²) in [6, 6.07) is 0.388. The summed E-state index contributed by atoms with van der Waals surface area (Å²) >= 11 is 0. The highest BCUT2D eigenvalue weighted by molar-refractivity contribution is 5.68. The number of likely N-dealkylation sites (N-methyl/N-ethyl adjacent to an activating group) is 1. The van der Waals surface area contributed by atoms with Crippen molar-refractivity contribution in [1.29, 1.82) is 0 Å². The molecule has 2 heterocycles. The Balaban J connectivity index is 1.66. The van der Waals surface area contributed by atoms with Gasteiger partial charge in [0.1, 0.15) is 24.4 Å². The second-order valence-electron chi connectivity index (χ2n) is 8.52. The summed E-state index contributed by atoms with van der Waals surface area (Å²) in [6.45, 7) is 7.10. The molecular formula is C22H32N2O4. The third-order valence-corrected chi connectivity index (χ3v) is 5.29. The van der Waals surface area contributed by atoms with E-state index in [1.54, 1.807) is 12.5 Å². The number of carbonyl (C=O) groups is 1. The van der Waals surface area contributed by atoms with Crippen LogP contribution < -0.4 is 0 Å². The van der Waals surface area contributed by atoms with E-state index in [1.165, 1.54) is 11.8 Å². The lowest BCUT2D eigenvalue weighted by atomic mass is 9.92. The number of ether oxygens (including phenoxy) is 3. The van der Waals surface area contributed by atoms with E-state index < -0.39 is 5.60 Å². The molecule has 0 N–H and O–H groups in total. The van der Waals surface area contributed by atoms with Gasteiger partial charge in [0.2, 0.25) is 0 Å². The molecule has 1 atom stereocenters. The van der Waals surface area contributed by atoms with Gasteiger partial charge in [0.15, 0.2) is 5.76 Å². The fraction of sp³-hybridized carbons (Fsp3) is 0.591. The second-order valence-corrected chi connectivity index (χ2v) is 8.52. The second kappa shape index (κ2) is 8.86. The Morgan fingerprint density at radius 3 is 2.61 bits per heavy atom. The van der Waals surface area contributed by atoms with E-state index in [9.17, 15) is 4.79 Å². The fourth-order valence-electron chi connectivity index (χ4n) is 3.89. The number of hydrogen-bond donors (Lipinski definition) is 0. The number of rotatable bonds is 4. The largest absolute Gasteiger partial charge is 0.466 e. The van der Waals surface area contributed by atoms with Crippen molar-refractivity contribution in [2.45, 2.75) is 64.1 Å². The summed E-state index contributed by atoms with van der Waals surface area (Å²) < 4.78 is 16.7. The van der Waals surface area contributed by atoms with E-state index in [2.05, 4.69) is 30.2 Å². The molecule has 1 amide bonds. The van der Waals surface area contributed by atoms with Crippen LogP contribution in [0.5, 0.6) is 0 Å². The maximum atomic E-state index is 12.3. The van der Waals surface area contributed by atoms with Crippen LogP contribution in [0.1, 0.15) is 46.5 Å². The standard InChI is InChI=1S/C22H32N2O4/c1-22(2,3)28-21(25)24-12-10-18(11-13-24)23(4)20(17-8-6-5-7-9-17)19-16-26-14-15-27-19/h5-6,8,14-16,18,20H,7,9-13H2,1-4H3. The summed E-state index contributed by atoms with van der Waals surface area (Å²) in [7, 11) is 2.14. The Hall–Kier alpha value is -2.21. The Kier molecular flexibility index (Phi) is 6.50. The quantitative estimate of drug-likeness (QED) is 0.718. The van der Waals surface area contributed by atoms with Crippen molar-refractivity contribution in [3.63, 3.8) is 0 Å². The molecule has 0 spiro atoms. The highest BCUT2D eigenvalue weighted by Crippen LogP contribution is 2.30. The lowest BCUT2D eigenvalue weighted by Crippen LogP contribution is -2.50. The van der Waals surface area contributed by atoms with Gasteiger partial charge in [0.05, 0.1) is 6.04 Å². The molecule has 6 nitrogen and oxygen atoms in total. The first kappa shape index (κ1) is 20.5. The van der Waals surface area contributed by atoms with Crippen LogP contribution >= 0.6 is 0 Å². The number of hydrogen-bond acceptors (Lipinski definition) is 5. The van der Waals surface area contributed by atoms with Crippen LogP contribution in [0.25, 0.3) is 0 Å². The summed E-state index contributed by atoms with van der Waals surface area (Å²) in [5.41, 5.74) is 0.861. The molecule has 154 valence electrons. The van der Waals surface area contributed by atoms with Gasteiger partial charge in [-0.15, -0.1) is 0 Å². The molecule has 0 aromatic carbocycles. The zero-order chi connectivity index (χ0) is 20.1. The number of piperidine rings is 1. The van der Waals surface area contributed by atoms with Crippen molar-refractivity contribution in [1.82, 2.24) is 9.80 Å². The lowest BCUT2D eigenvalue weighted by Gasteiger charge is -2.41. The zero-order valence-electron chi connectivity index (χ0n) is 17.4. The molecule has 2 aliphatic heterocycles. The SMILES string of the molecule is CN(C1CCN(C(=O)OC(C)(C)C)CC1)C(C1=CC=CCC1)C1=COC=CO1. The molecule has 0 aromatic heterocycles. The van der Waals surface area contributed by atoms with Crippen LogP contribution in [0, 0.1) is 0 Å². The molecule has 1 unspecified atom stereocenters. The summed E-state index contributed by atoms with van der Waals surface area (Å²) in [6.07, 6.45) is 14.9. The van der Waals surface area contributed by atoms with Gasteiger partial charge >= 0.3 is 6.09 Å². The molecule has 28 heavy (non-hydrogen) atoms. The third-order valence-electron chi connectivity index (χ3n) is 5.29. The minimum atomic E-state index is -0.463. The van der Waals surface area contributed by atoms with E-state index >= 15 is 0 Å². The summed E-state index contributed by atoms with van der Waals surface area (Å²) in [5.74, 6) is 0.807. The summed E-state index contributed by atoms with van der Waals surface area (Å²) in [4.78, 5) is 16.5. The fourth-order valence-corrected chi connectivity index (χ4v) is 3.89. The van der Waals surface area contributed by atoms with Crippen LogP contribution in [0.2, 0.25) is 0 Å². The predicted octanol–water partition coefficient (Wildman–Crippen LogP) is 4.32. The third kappa shape index (κ3) is 5.19. The number of allylic oxidation sites excluding steroid dienone is 3. The van der Waals surface area contributed by atoms with E-state index in [0.717, 1.165) is 31.4 Å². The number of carbonyl (C=O) groups excluding carboxylic acids is 1. The molecule has 0 saturated carbocycles. The van der Waals surface area contributed by atoms with Crippen LogP contribution in [-0.2, 0) is 14.2 Å². The Labute approximate surface area is 168 Å². The first-order valence-corrected chi connectivity index (χ1v) is 10.1. The van der Waals surface area contributed by atoms with Gasteiger partial charge < -0.3 is 19.1 Å². The van der Waals surface area contributed by atoms with Gasteiger partial charge in [-0.05, 0) is 59.1 Å². The van der Waals surface area contributed by atoms with Gasteiger partial charge in [-0.25, -0.2) is 4.79 Å². The zero-order valence-corrected chi connectivity index (χ0v) is 17.4. The van der Waals surface area contributed by atoms with Crippen LogP contribution in [-0.4, -0.2) is 53.7 Å². The van der Waals surface area contributed by atoms with E-state index in [-0.39, 0.29) is 12.1 Å². The molecule has 3 rings (SSSR count). The maximum Gasteiger partial charge on any atom is 0.410 e. The smallest absolute Gasteiger partial charge is 0.410 e. The molecule has 6 heteroatoms.